The molecular weight excluding hydrogens is 348 g/mol. The number of anilines is 3. The van der Waals surface area contributed by atoms with E-state index in [1.807, 2.05) is 48.5 Å². The summed E-state index contributed by atoms with van der Waals surface area (Å²) >= 11 is 6.21. The van der Waals surface area contributed by atoms with Gasteiger partial charge in [0.25, 0.3) is 0 Å². The van der Waals surface area contributed by atoms with E-state index in [9.17, 15) is 0 Å². The molecular formula is C20H21ClN4O. The molecule has 134 valence electrons. The summed E-state index contributed by atoms with van der Waals surface area (Å²) in [6.45, 7) is 4.10. The molecule has 0 saturated carbocycles. The molecule has 0 amide bonds. The minimum atomic E-state index is 0.226. The Labute approximate surface area is 158 Å². The maximum Gasteiger partial charge on any atom is 0.225 e. The lowest BCUT2D eigenvalue weighted by Crippen LogP contribution is -2.13. The molecule has 1 heterocycles. The van der Waals surface area contributed by atoms with Crippen LogP contribution in [0.5, 0.6) is 5.75 Å². The van der Waals surface area contributed by atoms with Crippen molar-refractivity contribution in [1.82, 2.24) is 9.97 Å². The highest BCUT2D eigenvalue weighted by molar-refractivity contribution is 6.32. The highest BCUT2D eigenvalue weighted by Gasteiger charge is 2.09. The first kappa shape index (κ1) is 18.0. The lowest BCUT2D eigenvalue weighted by Gasteiger charge is -2.13. The van der Waals surface area contributed by atoms with E-state index < -0.39 is 0 Å². The molecule has 0 unspecified atom stereocenters. The van der Waals surface area contributed by atoms with Crippen molar-refractivity contribution in [2.24, 2.45) is 0 Å². The number of nitrogens with one attached hydrogen (secondary N) is 2. The molecule has 3 rings (SSSR count). The van der Waals surface area contributed by atoms with Gasteiger partial charge in [-0.3, -0.25) is 0 Å². The third-order valence-electron chi connectivity index (χ3n) is 3.64. The van der Waals surface area contributed by atoms with E-state index in [1.54, 1.807) is 13.2 Å². The van der Waals surface area contributed by atoms with Gasteiger partial charge in [0.15, 0.2) is 0 Å². The minimum absolute atomic E-state index is 0.226. The van der Waals surface area contributed by atoms with E-state index in [0.717, 1.165) is 16.9 Å². The van der Waals surface area contributed by atoms with Crippen molar-refractivity contribution in [3.8, 4) is 17.0 Å². The van der Waals surface area contributed by atoms with Gasteiger partial charge in [-0.2, -0.15) is 4.98 Å². The minimum Gasteiger partial charge on any atom is -0.495 e. The molecule has 2 N–H and O–H groups in total. The summed E-state index contributed by atoms with van der Waals surface area (Å²) in [7, 11) is 1.59. The number of rotatable bonds is 6. The van der Waals surface area contributed by atoms with Crippen LogP contribution >= 0.6 is 11.6 Å². The SMILES string of the molecule is COc1ccc(Nc2cc(-c3ccccc3)nc(NC(C)C)n2)cc1Cl. The fourth-order valence-electron chi connectivity index (χ4n) is 2.48. The Morgan fingerprint density at radius 3 is 2.42 bits per heavy atom. The van der Waals surface area contributed by atoms with Gasteiger partial charge in [0.2, 0.25) is 5.95 Å². The maximum atomic E-state index is 6.21. The topological polar surface area (TPSA) is 59.1 Å². The van der Waals surface area contributed by atoms with Crippen LogP contribution in [-0.2, 0) is 0 Å². The standard InChI is InChI=1S/C20H21ClN4O/c1-13(2)22-20-24-17(14-7-5-4-6-8-14)12-19(25-20)23-15-9-10-18(26-3)16(21)11-15/h4-13H,1-3H3,(H2,22,23,24,25). The second kappa shape index (κ2) is 8.06. The number of nitrogens with zero attached hydrogens (tertiary/aromatic N) is 2. The average molecular weight is 369 g/mol. The van der Waals surface area contributed by atoms with E-state index in [4.69, 9.17) is 16.3 Å². The third-order valence-corrected chi connectivity index (χ3v) is 3.93. The number of aromatic nitrogens is 2. The molecule has 0 atom stereocenters. The summed E-state index contributed by atoms with van der Waals surface area (Å²) < 4.78 is 5.19. The quantitative estimate of drug-likeness (QED) is 0.612. The van der Waals surface area contributed by atoms with Gasteiger partial charge in [-0.05, 0) is 32.0 Å². The molecule has 0 aliphatic rings. The lowest BCUT2D eigenvalue weighted by molar-refractivity contribution is 0.415. The zero-order valence-electron chi connectivity index (χ0n) is 15.0. The molecule has 0 radical (unpaired) electrons. The molecule has 3 aromatic rings. The molecule has 2 aromatic carbocycles. The van der Waals surface area contributed by atoms with Crippen LogP contribution in [0.2, 0.25) is 5.02 Å². The molecule has 1 aromatic heterocycles. The normalized spacial score (nSPS) is 10.7. The number of halogens is 1. The van der Waals surface area contributed by atoms with Crippen molar-refractivity contribution in [2.45, 2.75) is 19.9 Å². The molecule has 0 spiro atoms. The predicted molar refractivity (Wildman–Crippen MR) is 108 cm³/mol. The van der Waals surface area contributed by atoms with Crippen molar-refractivity contribution >= 4 is 29.1 Å². The van der Waals surface area contributed by atoms with E-state index in [2.05, 4.69) is 34.4 Å². The molecule has 0 saturated heterocycles. The first-order valence-electron chi connectivity index (χ1n) is 8.37. The number of hydrogen-bond donors (Lipinski definition) is 2. The Morgan fingerprint density at radius 2 is 1.77 bits per heavy atom. The van der Waals surface area contributed by atoms with Crippen LogP contribution < -0.4 is 15.4 Å². The molecule has 0 aliphatic carbocycles. The van der Waals surface area contributed by atoms with Gasteiger partial charge in [-0.15, -0.1) is 0 Å². The summed E-state index contributed by atoms with van der Waals surface area (Å²) in [5.41, 5.74) is 2.69. The summed E-state index contributed by atoms with van der Waals surface area (Å²) in [5.74, 6) is 1.89. The Hall–Kier alpha value is -2.79. The fraction of sp³-hybridized carbons (Fsp3) is 0.200. The summed E-state index contributed by atoms with van der Waals surface area (Å²) in [6, 6.07) is 17.7. The van der Waals surface area contributed by atoms with E-state index in [1.165, 1.54) is 0 Å². The highest BCUT2D eigenvalue weighted by atomic mass is 35.5. The predicted octanol–water partition coefficient (Wildman–Crippen LogP) is 5.37. The van der Waals surface area contributed by atoms with Gasteiger partial charge in [0, 0.05) is 23.4 Å². The van der Waals surface area contributed by atoms with Gasteiger partial charge in [-0.25, -0.2) is 4.98 Å². The van der Waals surface area contributed by atoms with Crippen molar-refractivity contribution in [1.29, 1.82) is 0 Å². The zero-order chi connectivity index (χ0) is 18.5. The highest BCUT2D eigenvalue weighted by Crippen LogP contribution is 2.29. The number of hydrogen-bond acceptors (Lipinski definition) is 5. The summed E-state index contributed by atoms with van der Waals surface area (Å²) in [6.07, 6.45) is 0. The van der Waals surface area contributed by atoms with E-state index in [-0.39, 0.29) is 6.04 Å². The van der Waals surface area contributed by atoms with Gasteiger partial charge in [0.1, 0.15) is 11.6 Å². The Balaban J connectivity index is 1.96. The molecule has 0 bridgehead atoms. The second-order valence-corrected chi connectivity index (χ2v) is 6.51. The first-order chi connectivity index (χ1) is 12.5. The van der Waals surface area contributed by atoms with Crippen LogP contribution in [0.15, 0.2) is 54.6 Å². The lowest BCUT2D eigenvalue weighted by atomic mass is 10.1. The van der Waals surface area contributed by atoms with E-state index >= 15 is 0 Å². The molecule has 6 heteroatoms. The zero-order valence-corrected chi connectivity index (χ0v) is 15.7. The summed E-state index contributed by atoms with van der Waals surface area (Å²) in [4.78, 5) is 9.18. The van der Waals surface area contributed by atoms with Crippen LogP contribution in [0, 0.1) is 0 Å². The van der Waals surface area contributed by atoms with E-state index in [0.29, 0.717) is 22.5 Å². The van der Waals surface area contributed by atoms with Gasteiger partial charge < -0.3 is 15.4 Å². The van der Waals surface area contributed by atoms with Crippen molar-refractivity contribution in [2.75, 3.05) is 17.7 Å². The third kappa shape index (κ3) is 4.43. The Kier molecular flexibility index (Phi) is 5.58. The number of methoxy groups -OCH3 is 1. The first-order valence-corrected chi connectivity index (χ1v) is 8.74. The smallest absolute Gasteiger partial charge is 0.225 e. The van der Waals surface area contributed by atoms with Crippen LogP contribution in [0.4, 0.5) is 17.5 Å². The average Bonchev–Trinajstić information content (AvgIpc) is 2.62. The largest absolute Gasteiger partial charge is 0.495 e. The Morgan fingerprint density at radius 1 is 1.00 bits per heavy atom. The van der Waals surface area contributed by atoms with Crippen LogP contribution in [-0.4, -0.2) is 23.1 Å². The molecule has 26 heavy (non-hydrogen) atoms. The summed E-state index contributed by atoms with van der Waals surface area (Å²) in [5, 5.41) is 7.09. The van der Waals surface area contributed by atoms with Crippen LogP contribution in [0.1, 0.15) is 13.8 Å². The van der Waals surface area contributed by atoms with Crippen molar-refractivity contribution in [3.63, 3.8) is 0 Å². The number of benzene rings is 2. The van der Waals surface area contributed by atoms with Crippen molar-refractivity contribution in [3.05, 3.63) is 59.6 Å². The molecule has 0 fully saturated rings. The van der Waals surface area contributed by atoms with Crippen molar-refractivity contribution < 1.29 is 4.74 Å². The Bertz CT molecular complexity index is 884. The molecule has 5 nitrogen and oxygen atoms in total. The monoisotopic (exact) mass is 368 g/mol. The van der Waals surface area contributed by atoms with Crippen LogP contribution in [0.25, 0.3) is 11.3 Å². The fourth-order valence-corrected chi connectivity index (χ4v) is 2.74. The number of ether oxygens (including phenoxy) is 1. The molecule has 0 aliphatic heterocycles. The van der Waals surface area contributed by atoms with Gasteiger partial charge >= 0.3 is 0 Å². The van der Waals surface area contributed by atoms with Crippen LogP contribution in [0.3, 0.4) is 0 Å². The van der Waals surface area contributed by atoms with Gasteiger partial charge in [-0.1, -0.05) is 41.9 Å². The maximum absolute atomic E-state index is 6.21. The second-order valence-electron chi connectivity index (χ2n) is 6.10. The van der Waals surface area contributed by atoms with Gasteiger partial charge in [0.05, 0.1) is 17.8 Å².